The average molecular weight is 330 g/mol. The van der Waals surface area contributed by atoms with Crippen LogP contribution in [0.2, 0.25) is 0 Å². The Bertz CT molecular complexity index is 569. The summed E-state index contributed by atoms with van der Waals surface area (Å²) in [6.07, 6.45) is 8.58. The van der Waals surface area contributed by atoms with Gasteiger partial charge < -0.3 is 10.1 Å². The SMILES string of the molecule is C[C@](C#N)(NC(=O)COC(=O)C12CC3CC(CC(C3)C1)C2)C1CC1. The Morgan fingerprint density at radius 1 is 1.17 bits per heavy atom. The number of ether oxygens (including phenoxy) is 1. The molecule has 0 heterocycles. The second-order valence-electron chi connectivity index (χ2n) is 8.91. The molecule has 0 spiro atoms. The van der Waals surface area contributed by atoms with E-state index in [9.17, 15) is 14.9 Å². The maximum atomic E-state index is 12.7. The third-order valence-corrected chi connectivity index (χ3v) is 6.83. The molecule has 5 nitrogen and oxygen atoms in total. The second kappa shape index (κ2) is 5.47. The molecule has 5 aliphatic carbocycles. The predicted octanol–water partition coefficient (Wildman–Crippen LogP) is 2.55. The van der Waals surface area contributed by atoms with E-state index in [1.807, 2.05) is 0 Å². The van der Waals surface area contributed by atoms with Gasteiger partial charge in [0.25, 0.3) is 5.91 Å². The Balaban J connectivity index is 1.34. The van der Waals surface area contributed by atoms with Crippen LogP contribution in [0.5, 0.6) is 0 Å². The summed E-state index contributed by atoms with van der Waals surface area (Å²) < 4.78 is 5.42. The zero-order chi connectivity index (χ0) is 16.9. The van der Waals surface area contributed by atoms with Gasteiger partial charge in [-0.15, -0.1) is 0 Å². The molecule has 0 aliphatic heterocycles. The van der Waals surface area contributed by atoms with Crippen LogP contribution in [-0.2, 0) is 14.3 Å². The highest BCUT2D eigenvalue weighted by Crippen LogP contribution is 2.60. The molecule has 0 aromatic carbocycles. The number of esters is 1. The summed E-state index contributed by atoms with van der Waals surface area (Å²) in [5, 5.41) is 12.1. The Morgan fingerprint density at radius 3 is 2.17 bits per heavy atom. The molecule has 5 fully saturated rings. The molecule has 0 radical (unpaired) electrons. The van der Waals surface area contributed by atoms with E-state index in [2.05, 4.69) is 11.4 Å². The van der Waals surface area contributed by atoms with Crippen molar-refractivity contribution in [1.29, 1.82) is 5.26 Å². The Kier molecular flexibility index (Phi) is 3.63. The second-order valence-corrected chi connectivity index (χ2v) is 8.91. The van der Waals surface area contributed by atoms with Gasteiger partial charge in [-0.3, -0.25) is 9.59 Å². The van der Waals surface area contributed by atoms with E-state index >= 15 is 0 Å². The lowest BCUT2D eigenvalue weighted by molar-refractivity contribution is -0.173. The summed E-state index contributed by atoms with van der Waals surface area (Å²) in [6.45, 7) is 1.49. The first-order valence-corrected chi connectivity index (χ1v) is 9.32. The summed E-state index contributed by atoms with van der Waals surface area (Å²) in [4.78, 5) is 24.9. The standard InChI is InChI=1S/C19H26N2O3/c1-18(11-20,15-2-3-15)21-16(22)10-24-17(23)19-7-12-4-13(8-19)6-14(5-12)9-19/h12-15H,2-10H2,1H3,(H,21,22)/t12?,13?,14?,18-,19?/m1/s1. The number of nitrogens with zero attached hydrogens (tertiary/aromatic N) is 1. The molecule has 0 unspecified atom stereocenters. The number of hydrogen-bond donors (Lipinski definition) is 1. The molecule has 5 aliphatic rings. The van der Waals surface area contributed by atoms with Crippen LogP contribution in [-0.4, -0.2) is 24.0 Å². The zero-order valence-corrected chi connectivity index (χ0v) is 14.3. The lowest BCUT2D eigenvalue weighted by atomic mass is 9.49. The number of carbonyl (C=O) groups is 2. The summed E-state index contributed by atoms with van der Waals surface area (Å²) in [5.74, 6) is 1.72. The van der Waals surface area contributed by atoms with E-state index in [-0.39, 0.29) is 29.8 Å². The van der Waals surface area contributed by atoms with Gasteiger partial charge in [-0.2, -0.15) is 5.26 Å². The molecule has 1 amide bonds. The number of nitrogens with one attached hydrogen (secondary N) is 1. The van der Waals surface area contributed by atoms with Gasteiger partial charge in [-0.1, -0.05) is 0 Å². The first-order chi connectivity index (χ1) is 11.4. The Labute approximate surface area is 143 Å². The van der Waals surface area contributed by atoms with Gasteiger partial charge in [-0.05, 0) is 82.0 Å². The smallest absolute Gasteiger partial charge is 0.312 e. The first-order valence-electron chi connectivity index (χ1n) is 9.32. The normalized spacial score (nSPS) is 38.9. The largest absolute Gasteiger partial charge is 0.455 e. The highest BCUT2D eigenvalue weighted by molar-refractivity contribution is 5.83. The van der Waals surface area contributed by atoms with Crippen molar-refractivity contribution >= 4 is 11.9 Å². The van der Waals surface area contributed by atoms with Crippen LogP contribution < -0.4 is 5.32 Å². The van der Waals surface area contributed by atoms with E-state index in [0.29, 0.717) is 17.8 Å². The molecule has 1 N–H and O–H groups in total. The summed E-state index contributed by atoms with van der Waals surface area (Å²) >= 11 is 0. The van der Waals surface area contributed by atoms with Gasteiger partial charge in [0.1, 0.15) is 5.54 Å². The van der Waals surface area contributed by atoms with Crippen LogP contribution in [0.15, 0.2) is 0 Å². The highest BCUT2D eigenvalue weighted by Gasteiger charge is 2.55. The van der Waals surface area contributed by atoms with Gasteiger partial charge >= 0.3 is 5.97 Å². The fourth-order valence-electron chi connectivity index (χ4n) is 5.85. The zero-order valence-electron chi connectivity index (χ0n) is 14.3. The van der Waals surface area contributed by atoms with Crippen molar-refractivity contribution in [2.24, 2.45) is 29.1 Å². The molecule has 5 saturated carbocycles. The minimum Gasteiger partial charge on any atom is -0.455 e. The van der Waals surface area contributed by atoms with Crippen molar-refractivity contribution < 1.29 is 14.3 Å². The fourth-order valence-corrected chi connectivity index (χ4v) is 5.85. The van der Waals surface area contributed by atoms with Gasteiger partial charge in [0.2, 0.25) is 0 Å². The van der Waals surface area contributed by atoms with Gasteiger partial charge in [-0.25, -0.2) is 0 Å². The number of carbonyl (C=O) groups excluding carboxylic acids is 2. The van der Waals surface area contributed by atoms with Crippen molar-refractivity contribution in [3.8, 4) is 6.07 Å². The van der Waals surface area contributed by atoms with Crippen LogP contribution in [0.3, 0.4) is 0 Å². The predicted molar refractivity (Wildman–Crippen MR) is 86.4 cm³/mol. The highest BCUT2D eigenvalue weighted by atomic mass is 16.5. The molecule has 5 rings (SSSR count). The Hall–Kier alpha value is -1.57. The van der Waals surface area contributed by atoms with Gasteiger partial charge in [0.15, 0.2) is 6.61 Å². The van der Waals surface area contributed by atoms with E-state index in [4.69, 9.17) is 4.74 Å². The van der Waals surface area contributed by atoms with Gasteiger partial charge in [0.05, 0.1) is 11.5 Å². The maximum absolute atomic E-state index is 12.7. The van der Waals surface area contributed by atoms with Crippen molar-refractivity contribution in [2.75, 3.05) is 6.61 Å². The molecule has 0 aromatic heterocycles. The molecule has 1 atom stereocenters. The summed E-state index contributed by atoms with van der Waals surface area (Å²) in [7, 11) is 0. The molecule has 24 heavy (non-hydrogen) atoms. The minimum atomic E-state index is -0.829. The minimum absolute atomic E-state index is 0.179. The monoisotopic (exact) mass is 330 g/mol. The van der Waals surface area contributed by atoms with Crippen LogP contribution in [0, 0.1) is 40.4 Å². The molecule has 5 heteroatoms. The first kappa shape index (κ1) is 15.9. The van der Waals surface area contributed by atoms with Crippen molar-refractivity contribution in [3.05, 3.63) is 0 Å². The van der Waals surface area contributed by atoms with Crippen LogP contribution in [0.4, 0.5) is 0 Å². The van der Waals surface area contributed by atoms with E-state index in [1.54, 1.807) is 6.92 Å². The van der Waals surface area contributed by atoms with Crippen LogP contribution in [0.1, 0.15) is 58.3 Å². The summed E-state index contributed by atoms with van der Waals surface area (Å²) in [5.41, 5.74) is -1.16. The van der Waals surface area contributed by atoms with Crippen molar-refractivity contribution in [1.82, 2.24) is 5.32 Å². The number of nitriles is 1. The molecule has 0 aromatic rings. The third-order valence-electron chi connectivity index (χ3n) is 6.83. The van der Waals surface area contributed by atoms with E-state index in [1.165, 1.54) is 19.3 Å². The van der Waals surface area contributed by atoms with Crippen molar-refractivity contribution in [3.63, 3.8) is 0 Å². The number of rotatable bonds is 5. The van der Waals surface area contributed by atoms with E-state index in [0.717, 1.165) is 32.1 Å². The fraction of sp³-hybridized carbons (Fsp3) is 0.842. The molecule has 0 saturated heterocycles. The molecular formula is C19H26N2O3. The topological polar surface area (TPSA) is 79.2 Å². The van der Waals surface area contributed by atoms with Crippen LogP contribution in [0.25, 0.3) is 0 Å². The van der Waals surface area contributed by atoms with E-state index < -0.39 is 5.54 Å². The summed E-state index contributed by atoms with van der Waals surface area (Å²) in [6, 6.07) is 2.20. The lowest BCUT2D eigenvalue weighted by Gasteiger charge is -2.55. The molecule has 130 valence electrons. The maximum Gasteiger partial charge on any atom is 0.312 e. The third kappa shape index (κ3) is 2.70. The Morgan fingerprint density at radius 2 is 1.71 bits per heavy atom. The number of hydrogen-bond acceptors (Lipinski definition) is 4. The lowest BCUT2D eigenvalue weighted by Crippen LogP contribution is -2.52. The molecular weight excluding hydrogens is 304 g/mol. The van der Waals surface area contributed by atoms with Crippen molar-refractivity contribution in [2.45, 2.75) is 63.8 Å². The molecule has 4 bridgehead atoms. The quantitative estimate of drug-likeness (QED) is 0.786. The van der Waals surface area contributed by atoms with Crippen LogP contribution >= 0.6 is 0 Å². The van der Waals surface area contributed by atoms with Gasteiger partial charge in [0, 0.05) is 0 Å². The number of amides is 1. The average Bonchev–Trinajstić information content (AvgIpc) is 3.36.